The van der Waals surface area contributed by atoms with Gasteiger partial charge in [0, 0.05) is 9.83 Å². The van der Waals surface area contributed by atoms with Crippen LogP contribution in [-0.4, -0.2) is 35.5 Å². The zero-order chi connectivity index (χ0) is 24.2. The molecule has 0 heterocycles. The van der Waals surface area contributed by atoms with E-state index in [2.05, 4.69) is 27.9 Å². The molecule has 1 N–H and O–H groups in total. The highest BCUT2D eigenvalue weighted by molar-refractivity contribution is 14.1. The number of rotatable bonds is 8. The first kappa shape index (κ1) is 25.2. The van der Waals surface area contributed by atoms with Gasteiger partial charge in [-0.25, -0.2) is 16.8 Å². The molecule has 1 amide bonds. The standard InChI is InChI=1S/C23H23IN2O5S2/c1-17(18-8-14-21(15-9-18)32(2,28)29)25-23(27)16-26(20-12-10-19(24)11-13-20)33(30,31)22-6-4-3-5-7-22/h3-15,17H,16H2,1-2H3,(H,25,27)/t17-/m1/s1. The molecule has 0 bridgehead atoms. The number of carbonyl (C=O) groups excluding carboxylic acids is 1. The van der Waals surface area contributed by atoms with Gasteiger partial charge in [0.2, 0.25) is 5.91 Å². The van der Waals surface area contributed by atoms with Gasteiger partial charge in [-0.2, -0.15) is 0 Å². The summed E-state index contributed by atoms with van der Waals surface area (Å²) >= 11 is 2.12. The van der Waals surface area contributed by atoms with Gasteiger partial charge in [-0.15, -0.1) is 0 Å². The second-order valence-corrected chi connectivity index (χ2v) is 12.6. The van der Waals surface area contributed by atoms with Crippen molar-refractivity contribution in [1.82, 2.24) is 5.32 Å². The smallest absolute Gasteiger partial charge is 0.264 e. The number of hydrogen-bond donors (Lipinski definition) is 1. The number of hydrogen-bond acceptors (Lipinski definition) is 5. The third kappa shape index (κ3) is 6.33. The van der Waals surface area contributed by atoms with Crippen molar-refractivity contribution in [3.05, 3.63) is 88.0 Å². The van der Waals surface area contributed by atoms with Crippen molar-refractivity contribution in [3.63, 3.8) is 0 Å². The molecule has 0 fully saturated rings. The molecule has 10 heteroatoms. The second kappa shape index (κ2) is 10.2. The Bertz CT molecular complexity index is 1330. The molecule has 3 aromatic rings. The van der Waals surface area contributed by atoms with E-state index >= 15 is 0 Å². The summed E-state index contributed by atoms with van der Waals surface area (Å²) in [6.07, 6.45) is 1.12. The zero-order valence-corrected chi connectivity index (χ0v) is 21.8. The van der Waals surface area contributed by atoms with E-state index in [1.807, 2.05) is 0 Å². The van der Waals surface area contributed by atoms with Crippen LogP contribution in [0.15, 0.2) is 88.7 Å². The maximum Gasteiger partial charge on any atom is 0.264 e. The van der Waals surface area contributed by atoms with Crippen molar-refractivity contribution in [3.8, 4) is 0 Å². The van der Waals surface area contributed by atoms with Crippen LogP contribution >= 0.6 is 22.6 Å². The summed E-state index contributed by atoms with van der Waals surface area (Å²) in [5.41, 5.74) is 1.07. The number of carbonyl (C=O) groups is 1. The van der Waals surface area contributed by atoms with E-state index in [9.17, 15) is 21.6 Å². The summed E-state index contributed by atoms with van der Waals surface area (Å²) in [5.74, 6) is -0.493. The van der Waals surface area contributed by atoms with Gasteiger partial charge in [0.05, 0.1) is 21.5 Å². The number of anilines is 1. The lowest BCUT2D eigenvalue weighted by Gasteiger charge is -2.25. The number of nitrogens with zero attached hydrogens (tertiary/aromatic N) is 1. The van der Waals surface area contributed by atoms with E-state index in [4.69, 9.17) is 0 Å². The molecule has 0 saturated carbocycles. The molecule has 174 valence electrons. The van der Waals surface area contributed by atoms with Gasteiger partial charge in [-0.05, 0) is 83.6 Å². The third-order valence-electron chi connectivity index (χ3n) is 4.92. The molecular weight excluding hydrogens is 575 g/mol. The third-order valence-corrected chi connectivity index (χ3v) is 8.55. The number of sulfone groups is 1. The topological polar surface area (TPSA) is 101 Å². The summed E-state index contributed by atoms with van der Waals surface area (Å²) in [6.45, 7) is 1.33. The largest absolute Gasteiger partial charge is 0.348 e. The number of halogens is 1. The lowest BCUT2D eigenvalue weighted by molar-refractivity contribution is -0.120. The van der Waals surface area contributed by atoms with E-state index in [0.717, 1.165) is 14.1 Å². The maximum atomic E-state index is 13.3. The molecule has 3 rings (SSSR count). The minimum atomic E-state index is -3.98. The SMILES string of the molecule is C[C@@H](NC(=O)CN(c1ccc(I)cc1)S(=O)(=O)c1ccccc1)c1ccc(S(C)(=O)=O)cc1. The number of amides is 1. The van der Waals surface area contributed by atoms with Gasteiger partial charge >= 0.3 is 0 Å². The van der Waals surface area contributed by atoms with Crippen molar-refractivity contribution < 1.29 is 21.6 Å². The second-order valence-electron chi connectivity index (χ2n) is 7.43. The Morgan fingerprint density at radius 3 is 2.00 bits per heavy atom. The molecule has 1 atom stereocenters. The molecule has 0 saturated heterocycles. The minimum absolute atomic E-state index is 0.0840. The van der Waals surface area contributed by atoms with E-state index in [1.54, 1.807) is 61.5 Å². The molecule has 0 aliphatic heterocycles. The van der Waals surface area contributed by atoms with E-state index in [1.165, 1.54) is 24.3 Å². The summed E-state index contributed by atoms with van der Waals surface area (Å²) in [6, 6.07) is 20.5. The molecular formula is C23H23IN2O5S2. The summed E-state index contributed by atoms with van der Waals surface area (Å²) in [4.78, 5) is 13.1. The van der Waals surface area contributed by atoms with Gasteiger partial charge < -0.3 is 5.32 Å². The summed E-state index contributed by atoms with van der Waals surface area (Å²) < 4.78 is 52.0. The zero-order valence-electron chi connectivity index (χ0n) is 18.0. The number of nitrogens with one attached hydrogen (secondary N) is 1. The molecule has 33 heavy (non-hydrogen) atoms. The molecule has 7 nitrogen and oxygen atoms in total. The monoisotopic (exact) mass is 598 g/mol. The van der Waals surface area contributed by atoms with Crippen LogP contribution in [0.25, 0.3) is 0 Å². The average Bonchev–Trinajstić information content (AvgIpc) is 2.78. The van der Waals surface area contributed by atoms with Crippen LogP contribution in [0.5, 0.6) is 0 Å². The molecule has 0 radical (unpaired) electrons. The molecule has 3 aromatic carbocycles. The highest BCUT2D eigenvalue weighted by Gasteiger charge is 2.27. The van der Waals surface area contributed by atoms with Crippen molar-refractivity contribution in [1.29, 1.82) is 0 Å². The quantitative estimate of drug-likeness (QED) is 0.398. The number of sulfonamides is 1. The molecule has 0 unspecified atom stereocenters. The van der Waals surface area contributed by atoms with Crippen LogP contribution in [-0.2, 0) is 24.7 Å². The fourth-order valence-electron chi connectivity index (χ4n) is 3.15. The lowest BCUT2D eigenvalue weighted by atomic mass is 10.1. The van der Waals surface area contributed by atoms with Crippen LogP contribution in [0, 0.1) is 3.57 Å². The van der Waals surface area contributed by atoms with Crippen molar-refractivity contribution >= 4 is 54.0 Å². The molecule has 0 aromatic heterocycles. The van der Waals surface area contributed by atoms with Crippen molar-refractivity contribution in [2.45, 2.75) is 22.8 Å². The summed E-state index contributed by atoms with van der Waals surface area (Å²) in [5, 5.41) is 2.79. The molecule has 0 spiro atoms. The lowest BCUT2D eigenvalue weighted by Crippen LogP contribution is -2.41. The van der Waals surface area contributed by atoms with Crippen LogP contribution in [0.3, 0.4) is 0 Å². The van der Waals surface area contributed by atoms with Gasteiger partial charge in [0.25, 0.3) is 10.0 Å². The Labute approximate surface area is 207 Å². The van der Waals surface area contributed by atoms with E-state index in [-0.39, 0.29) is 9.79 Å². The van der Waals surface area contributed by atoms with Crippen LogP contribution in [0.1, 0.15) is 18.5 Å². The first-order valence-corrected chi connectivity index (χ1v) is 14.3. The Hall–Kier alpha value is -2.44. The summed E-state index contributed by atoms with van der Waals surface area (Å²) in [7, 11) is -7.30. The normalized spacial score (nSPS) is 12.7. The van der Waals surface area contributed by atoms with Gasteiger partial charge in [0.15, 0.2) is 9.84 Å². The Balaban J connectivity index is 1.84. The Morgan fingerprint density at radius 2 is 1.45 bits per heavy atom. The number of benzene rings is 3. The highest BCUT2D eigenvalue weighted by atomic mass is 127. The molecule has 0 aliphatic carbocycles. The fourth-order valence-corrected chi connectivity index (χ4v) is 5.58. The van der Waals surface area contributed by atoms with E-state index < -0.39 is 38.4 Å². The average molecular weight is 598 g/mol. The van der Waals surface area contributed by atoms with Crippen LogP contribution in [0.2, 0.25) is 0 Å². The predicted molar refractivity (Wildman–Crippen MR) is 136 cm³/mol. The predicted octanol–water partition coefficient (Wildman–Crippen LogP) is 3.77. The van der Waals surface area contributed by atoms with Gasteiger partial charge in [-0.1, -0.05) is 30.3 Å². The fraction of sp³-hybridized carbons (Fsp3) is 0.174. The van der Waals surface area contributed by atoms with Crippen molar-refractivity contribution in [2.75, 3.05) is 17.1 Å². The Kier molecular flexibility index (Phi) is 7.80. The minimum Gasteiger partial charge on any atom is -0.348 e. The molecule has 0 aliphatic rings. The first-order chi connectivity index (χ1) is 15.5. The first-order valence-electron chi connectivity index (χ1n) is 9.91. The van der Waals surface area contributed by atoms with Crippen LogP contribution < -0.4 is 9.62 Å². The van der Waals surface area contributed by atoms with Crippen LogP contribution in [0.4, 0.5) is 5.69 Å². The highest BCUT2D eigenvalue weighted by Crippen LogP contribution is 2.25. The van der Waals surface area contributed by atoms with Crippen molar-refractivity contribution in [2.24, 2.45) is 0 Å². The van der Waals surface area contributed by atoms with Gasteiger partial charge in [0.1, 0.15) is 6.54 Å². The maximum absolute atomic E-state index is 13.3. The van der Waals surface area contributed by atoms with E-state index in [0.29, 0.717) is 11.3 Å². The Morgan fingerprint density at radius 1 is 0.879 bits per heavy atom. The van der Waals surface area contributed by atoms with Gasteiger partial charge in [-0.3, -0.25) is 9.10 Å².